The van der Waals surface area contributed by atoms with Gasteiger partial charge in [0.2, 0.25) is 0 Å². The first kappa shape index (κ1) is 17.1. The highest BCUT2D eigenvalue weighted by Crippen LogP contribution is 2.27. The monoisotopic (exact) mass is 380 g/mol. The Bertz CT molecular complexity index is 658. The number of benzene rings is 1. The molecule has 0 aromatic heterocycles. The van der Waals surface area contributed by atoms with Gasteiger partial charge in [-0.15, -0.1) is 0 Å². The Kier molecular flexibility index (Phi) is 6.28. The fourth-order valence-electron chi connectivity index (χ4n) is 1.75. The van der Waals surface area contributed by atoms with Crippen LogP contribution in [0.2, 0.25) is 0 Å². The molecule has 1 N–H and O–H groups in total. The number of carbonyl (C=O) groups excluding carboxylic acids is 1. The number of amides is 1. The number of rotatable bonds is 6. The molecule has 0 bridgehead atoms. The summed E-state index contributed by atoms with van der Waals surface area (Å²) in [4.78, 5) is 10.9. The molecule has 1 aliphatic rings. The number of ether oxygens (including phenoxy) is 2. The lowest BCUT2D eigenvalue weighted by Gasteiger charge is -2.11. The van der Waals surface area contributed by atoms with Crippen LogP contribution in [0.5, 0.6) is 11.5 Å². The normalized spacial score (nSPS) is 19.2. The molecule has 0 aliphatic carbocycles. The maximum atomic E-state index is 11.4. The first-order valence-corrected chi connectivity index (χ1v) is 7.96. The zero-order chi connectivity index (χ0) is 16.7. The molecule has 0 saturated heterocycles. The number of nitrogens with one attached hydrogen (secondary N) is 1. The molecule has 1 amide bonds. The van der Waals surface area contributed by atoms with Gasteiger partial charge in [-0.1, -0.05) is 22.9 Å². The number of alkyl halides is 1. The highest BCUT2D eigenvalue weighted by molar-refractivity contribution is 9.10. The number of hydrazone groups is 1. The summed E-state index contributed by atoms with van der Waals surface area (Å²) in [5.74, 6) is 1.04. The van der Waals surface area contributed by atoms with Crippen molar-refractivity contribution in [3.63, 3.8) is 0 Å². The van der Waals surface area contributed by atoms with Gasteiger partial charge in [-0.2, -0.15) is 15.3 Å². The Morgan fingerprint density at radius 1 is 1.43 bits per heavy atom. The average molecular weight is 381 g/mol. The van der Waals surface area contributed by atoms with E-state index < -0.39 is 4.83 Å². The van der Waals surface area contributed by atoms with Crippen molar-refractivity contribution in [2.75, 3.05) is 13.7 Å². The van der Waals surface area contributed by atoms with Crippen LogP contribution in [0, 0.1) is 0 Å². The van der Waals surface area contributed by atoms with Crippen LogP contribution in [-0.4, -0.2) is 42.6 Å². The van der Waals surface area contributed by atoms with Gasteiger partial charge >= 0.3 is 0 Å². The minimum atomic E-state index is -0.559. The van der Waals surface area contributed by atoms with Crippen molar-refractivity contribution < 1.29 is 14.3 Å². The van der Waals surface area contributed by atoms with Crippen LogP contribution in [0.1, 0.15) is 18.9 Å². The number of hydrogen-bond acceptors (Lipinski definition) is 6. The highest BCUT2D eigenvalue weighted by atomic mass is 79.9. The van der Waals surface area contributed by atoms with Crippen molar-refractivity contribution in [2.45, 2.75) is 18.2 Å². The van der Waals surface area contributed by atoms with Gasteiger partial charge in [0.1, 0.15) is 10.5 Å². The number of nitrogens with zero attached hydrogens (tertiary/aromatic N) is 3. The van der Waals surface area contributed by atoms with E-state index in [4.69, 9.17) is 9.47 Å². The SMILES string of the molecule is CCCOc1ccc(/C=N\N=C2\C=NNC(=O)C2Br)cc1OC. The maximum absolute atomic E-state index is 11.4. The van der Waals surface area contributed by atoms with Crippen LogP contribution in [0.25, 0.3) is 0 Å². The Morgan fingerprint density at radius 3 is 3.00 bits per heavy atom. The van der Waals surface area contributed by atoms with Crippen molar-refractivity contribution in [2.24, 2.45) is 15.3 Å². The lowest BCUT2D eigenvalue weighted by atomic mass is 10.2. The Balaban J connectivity index is 2.12. The van der Waals surface area contributed by atoms with Crippen molar-refractivity contribution in [3.8, 4) is 11.5 Å². The van der Waals surface area contributed by atoms with Crippen LogP contribution < -0.4 is 14.9 Å². The topological polar surface area (TPSA) is 84.6 Å². The van der Waals surface area contributed by atoms with Gasteiger partial charge in [0.05, 0.1) is 26.1 Å². The van der Waals surface area contributed by atoms with E-state index in [1.54, 1.807) is 13.3 Å². The van der Waals surface area contributed by atoms with Crippen LogP contribution in [0.15, 0.2) is 33.5 Å². The third-order valence-corrected chi connectivity index (χ3v) is 3.78. The predicted octanol–water partition coefficient (Wildman–Crippen LogP) is 2.14. The summed E-state index contributed by atoms with van der Waals surface area (Å²) in [6, 6.07) is 5.48. The van der Waals surface area contributed by atoms with Gasteiger partial charge in [0.25, 0.3) is 5.91 Å². The summed E-state index contributed by atoms with van der Waals surface area (Å²) in [6.45, 7) is 2.67. The number of carbonyl (C=O) groups is 1. The number of hydrogen-bond donors (Lipinski definition) is 1. The van der Waals surface area contributed by atoms with E-state index >= 15 is 0 Å². The second kappa shape index (κ2) is 8.42. The van der Waals surface area contributed by atoms with Crippen LogP contribution in [0.4, 0.5) is 0 Å². The average Bonchev–Trinajstić information content (AvgIpc) is 2.57. The van der Waals surface area contributed by atoms with Crippen LogP contribution in [-0.2, 0) is 4.79 Å². The molecule has 1 aromatic rings. The Morgan fingerprint density at radius 2 is 2.26 bits per heavy atom. The maximum Gasteiger partial charge on any atom is 0.260 e. The molecule has 1 unspecified atom stereocenters. The quantitative estimate of drug-likeness (QED) is 0.466. The summed E-state index contributed by atoms with van der Waals surface area (Å²) in [5.41, 5.74) is 3.56. The summed E-state index contributed by atoms with van der Waals surface area (Å²) in [6.07, 6.45) is 3.94. The first-order valence-electron chi connectivity index (χ1n) is 7.04. The van der Waals surface area contributed by atoms with E-state index in [1.807, 2.05) is 25.1 Å². The standard InChI is InChI=1S/C15H17BrN4O3/c1-3-6-23-12-5-4-10(7-13(12)22-2)8-17-19-11-9-18-20-15(21)14(11)16/h4-5,7-9,14H,3,6H2,1-2H3,(H,20,21)/b17-8-,19-11-. The third-order valence-electron chi connectivity index (χ3n) is 2.89. The van der Waals surface area contributed by atoms with Gasteiger partial charge in [0, 0.05) is 0 Å². The van der Waals surface area contributed by atoms with Gasteiger partial charge < -0.3 is 9.47 Å². The van der Waals surface area contributed by atoms with Crippen LogP contribution in [0.3, 0.4) is 0 Å². The largest absolute Gasteiger partial charge is 0.493 e. The number of halogens is 1. The zero-order valence-electron chi connectivity index (χ0n) is 12.8. The lowest BCUT2D eigenvalue weighted by molar-refractivity contribution is -0.119. The third kappa shape index (κ3) is 4.62. The molecule has 23 heavy (non-hydrogen) atoms. The molecule has 0 fully saturated rings. The fraction of sp³-hybridized carbons (Fsp3) is 0.333. The molecule has 1 heterocycles. The highest BCUT2D eigenvalue weighted by Gasteiger charge is 2.23. The number of methoxy groups -OCH3 is 1. The summed E-state index contributed by atoms with van der Waals surface area (Å²) in [5, 5.41) is 11.7. The molecule has 2 rings (SSSR count). The summed E-state index contributed by atoms with van der Waals surface area (Å²) >= 11 is 3.22. The van der Waals surface area contributed by atoms with E-state index in [0.717, 1.165) is 12.0 Å². The van der Waals surface area contributed by atoms with Gasteiger partial charge in [0.15, 0.2) is 11.5 Å². The minimum absolute atomic E-state index is 0.277. The van der Waals surface area contributed by atoms with Crippen molar-refractivity contribution in [1.29, 1.82) is 0 Å². The molecule has 122 valence electrons. The first-order chi connectivity index (χ1) is 11.2. The van der Waals surface area contributed by atoms with Gasteiger partial charge in [-0.05, 0) is 30.2 Å². The molecular weight excluding hydrogens is 364 g/mol. The minimum Gasteiger partial charge on any atom is -0.493 e. The molecule has 8 heteroatoms. The lowest BCUT2D eigenvalue weighted by Crippen LogP contribution is -2.38. The smallest absolute Gasteiger partial charge is 0.260 e. The van der Waals surface area contributed by atoms with Crippen molar-refractivity contribution in [3.05, 3.63) is 23.8 Å². The molecule has 7 nitrogen and oxygen atoms in total. The molecule has 1 atom stereocenters. The molecule has 0 saturated carbocycles. The summed E-state index contributed by atoms with van der Waals surface area (Å²) in [7, 11) is 1.59. The molecule has 0 spiro atoms. The second-order valence-corrected chi connectivity index (χ2v) is 5.54. The predicted molar refractivity (Wildman–Crippen MR) is 93.2 cm³/mol. The van der Waals surface area contributed by atoms with Gasteiger partial charge in [-0.3, -0.25) is 4.79 Å². The molecule has 1 aliphatic heterocycles. The Hall–Kier alpha value is -2.22. The van der Waals surface area contributed by atoms with E-state index in [1.165, 1.54) is 6.21 Å². The summed E-state index contributed by atoms with van der Waals surface area (Å²) < 4.78 is 10.9. The molecular formula is C15H17BrN4O3. The van der Waals surface area contributed by atoms with Crippen molar-refractivity contribution in [1.82, 2.24) is 5.43 Å². The fourth-order valence-corrected chi connectivity index (χ4v) is 2.07. The van der Waals surface area contributed by atoms with E-state index in [9.17, 15) is 4.79 Å². The van der Waals surface area contributed by atoms with E-state index in [2.05, 4.69) is 36.7 Å². The zero-order valence-corrected chi connectivity index (χ0v) is 14.4. The van der Waals surface area contributed by atoms with Crippen molar-refractivity contribution >= 4 is 40.0 Å². The second-order valence-electron chi connectivity index (χ2n) is 4.63. The molecule has 1 aromatic carbocycles. The Labute approximate surface area is 142 Å². The van der Waals surface area contributed by atoms with E-state index in [-0.39, 0.29) is 5.91 Å². The van der Waals surface area contributed by atoms with Gasteiger partial charge in [-0.25, -0.2) is 5.43 Å². The van der Waals surface area contributed by atoms with E-state index in [0.29, 0.717) is 23.8 Å². The molecule has 0 radical (unpaired) electrons. The van der Waals surface area contributed by atoms with Crippen LogP contribution >= 0.6 is 15.9 Å².